The SMILES string of the molecule is CCN1CCC[C@H]1CN(CC(=O)N1CCNCC1)S(=O)(=O)c1ccc(C(C)C)cc1. The maximum atomic E-state index is 13.5. The molecule has 1 amide bonds. The molecule has 7 nitrogen and oxygen atoms in total. The first kappa shape index (κ1) is 23.2. The molecule has 2 aliphatic rings. The molecule has 0 bridgehead atoms. The average Bonchev–Trinajstić information content (AvgIpc) is 3.21. The number of hydrogen-bond acceptors (Lipinski definition) is 5. The molecule has 2 fully saturated rings. The number of carbonyl (C=O) groups is 1. The molecule has 3 rings (SSSR count). The minimum Gasteiger partial charge on any atom is -0.339 e. The summed E-state index contributed by atoms with van der Waals surface area (Å²) in [6, 6.07) is 7.28. The number of nitrogens with zero attached hydrogens (tertiary/aromatic N) is 3. The van der Waals surface area contributed by atoms with E-state index in [4.69, 9.17) is 0 Å². The van der Waals surface area contributed by atoms with Gasteiger partial charge in [-0.25, -0.2) is 8.42 Å². The van der Waals surface area contributed by atoms with Gasteiger partial charge in [0, 0.05) is 38.8 Å². The average molecular weight is 437 g/mol. The van der Waals surface area contributed by atoms with Gasteiger partial charge in [-0.05, 0) is 49.5 Å². The van der Waals surface area contributed by atoms with Crippen molar-refractivity contribution < 1.29 is 13.2 Å². The number of amides is 1. The summed E-state index contributed by atoms with van der Waals surface area (Å²) in [5.74, 6) is 0.226. The van der Waals surface area contributed by atoms with E-state index < -0.39 is 10.0 Å². The number of benzene rings is 1. The highest BCUT2D eigenvalue weighted by molar-refractivity contribution is 7.89. The summed E-state index contributed by atoms with van der Waals surface area (Å²) in [6.07, 6.45) is 2.04. The first-order valence-electron chi connectivity index (χ1n) is 11.2. The molecule has 0 saturated carbocycles. The van der Waals surface area contributed by atoms with Crippen LogP contribution in [0.25, 0.3) is 0 Å². The lowest BCUT2D eigenvalue weighted by atomic mass is 10.0. The van der Waals surface area contributed by atoms with Crippen LogP contribution >= 0.6 is 0 Å². The van der Waals surface area contributed by atoms with Gasteiger partial charge in [-0.2, -0.15) is 4.31 Å². The van der Waals surface area contributed by atoms with Crippen LogP contribution in [0.5, 0.6) is 0 Å². The molecule has 1 aromatic rings. The molecule has 0 radical (unpaired) electrons. The van der Waals surface area contributed by atoms with Crippen LogP contribution in [0.2, 0.25) is 0 Å². The van der Waals surface area contributed by atoms with Gasteiger partial charge in [0.2, 0.25) is 15.9 Å². The first-order chi connectivity index (χ1) is 14.3. The predicted molar refractivity (Wildman–Crippen MR) is 119 cm³/mol. The highest BCUT2D eigenvalue weighted by atomic mass is 32.2. The van der Waals surface area contributed by atoms with Crippen LogP contribution in [-0.2, 0) is 14.8 Å². The number of piperazine rings is 1. The molecule has 2 saturated heterocycles. The van der Waals surface area contributed by atoms with Gasteiger partial charge in [0.25, 0.3) is 0 Å². The molecule has 30 heavy (non-hydrogen) atoms. The Morgan fingerprint density at radius 3 is 2.43 bits per heavy atom. The van der Waals surface area contributed by atoms with E-state index in [1.54, 1.807) is 17.0 Å². The van der Waals surface area contributed by atoms with Crippen molar-refractivity contribution in [1.82, 2.24) is 19.4 Å². The van der Waals surface area contributed by atoms with E-state index in [0.717, 1.165) is 44.6 Å². The van der Waals surface area contributed by atoms with E-state index in [1.807, 2.05) is 12.1 Å². The van der Waals surface area contributed by atoms with Crippen molar-refractivity contribution in [1.29, 1.82) is 0 Å². The van der Waals surface area contributed by atoms with Crippen molar-refractivity contribution in [3.63, 3.8) is 0 Å². The number of sulfonamides is 1. The van der Waals surface area contributed by atoms with Crippen LogP contribution in [0.3, 0.4) is 0 Å². The van der Waals surface area contributed by atoms with E-state index in [9.17, 15) is 13.2 Å². The molecule has 0 aromatic heterocycles. The smallest absolute Gasteiger partial charge is 0.243 e. The standard InChI is InChI=1S/C22H36N4O3S/c1-4-24-13-5-6-20(24)16-26(17-22(27)25-14-11-23-12-15-25)30(28,29)21-9-7-19(8-10-21)18(2)3/h7-10,18,20,23H,4-6,11-17H2,1-3H3/t20-/m0/s1. The normalized spacial score (nSPS) is 21.0. The van der Waals surface area contributed by atoms with Crippen molar-refractivity contribution in [2.75, 3.05) is 52.4 Å². The Bertz CT molecular complexity index is 804. The van der Waals surface area contributed by atoms with E-state index >= 15 is 0 Å². The fourth-order valence-electron chi connectivity index (χ4n) is 4.34. The highest BCUT2D eigenvalue weighted by Gasteiger charge is 2.34. The third-order valence-corrected chi connectivity index (χ3v) is 8.11. The summed E-state index contributed by atoms with van der Waals surface area (Å²) in [5.41, 5.74) is 1.10. The summed E-state index contributed by atoms with van der Waals surface area (Å²) < 4.78 is 28.5. The van der Waals surface area contributed by atoms with Crippen LogP contribution in [0.1, 0.15) is 45.1 Å². The van der Waals surface area contributed by atoms with Gasteiger partial charge in [0.15, 0.2) is 0 Å². The second-order valence-corrected chi connectivity index (χ2v) is 10.5. The largest absolute Gasteiger partial charge is 0.339 e. The van der Waals surface area contributed by atoms with Gasteiger partial charge in [-0.15, -0.1) is 0 Å². The summed E-state index contributed by atoms with van der Waals surface area (Å²) >= 11 is 0. The van der Waals surface area contributed by atoms with Crippen LogP contribution in [0.4, 0.5) is 0 Å². The molecular formula is C22H36N4O3S. The molecule has 0 unspecified atom stereocenters. The molecule has 2 heterocycles. The molecule has 1 atom stereocenters. The monoisotopic (exact) mass is 436 g/mol. The van der Waals surface area contributed by atoms with Crippen molar-refractivity contribution in [3.8, 4) is 0 Å². The number of likely N-dealkylation sites (N-methyl/N-ethyl adjacent to an activating group) is 1. The lowest BCUT2D eigenvalue weighted by Crippen LogP contribution is -2.52. The number of likely N-dealkylation sites (tertiary alicyclic amines) is 1. The maximum absolute atomic E-state index is 13.5. The first-order valence-corrected chi connectivity index (χ1v) is 12.6. The summed E-state index contributed by atoms with van der Waals surface area (Å²) in [4.78, 5) is 17.3. The topological polar surface area (TPSA) is 73.0 Å². The Labute approximate surface area is 181 Å². The second-order valence-electron chi connectivity index (χ2n) is 8.58. The van der Waals surface area contributed by atoms with Gasteiger partial charge >= 0.3 is 0 Å². The Kier molecular flexibility index (Phi) is 7.90. The summed E-state index contributed by atoms with van der Waals surface area (Å²) in [5, 5.41) is 3.23. The van der Waals surface area contributed by atoms with Gasteiger partial charge in [-0.3, -0.25) is 9.69 Å². The third-order valence-electron chi connectivity index (χ3n) is 6.29. The Hall–Kier alpha value is -1.48. The molecule has 2 aliphatic heterocycles. The summed E-state index contributed by atoms with van der Waals surface area (Å²) in [7, 11) is -3.75. The van der Waals surface area contributed by atoms with Crippen molar-refractivity contribution >= 4 is 15.9 Å². The predicted octanol–water partition coefficient (Wildman–Crippen LogP) is 1.72. The van der Waals surface area contributed by atoms with Crippen molar-refractivity contribution in [3.05, 3.63) is 29.8 Å². The second kappa shape index (κ2) is 10.2. The Morgan fingerprint density at radius 1 is 1.17 bits per heavy atom. The molecule has 168 valence electrons. The van der Waals surface area contributed by atoms with Gasteiger partial charge in [-0.1, -0.05) is 32.9 Å². The lowest BCUT2D eigenvalue weighted by Gasteiger charge is -2.32. The summed E-state index contributed by atoms with van der Waals surface area (Å²) in [6.45, 7) is 11.2. The van der Waals surface area contributed by atoms with Crippen LogP contribution in [-0.4, -0.2) is 86.8 Å². The van der Waals surface area contributed by atoms with Crippen LogP contribution in [0.15, 0.2) is 29.2 Å². The Morgan fingerprint density at radius 2 is 1.83 bits per heavy atom. The van der Waals surface area contributed by atoms with E-state index in [-0.39, 0.29) is 23.4 Å². The fraction of sp³-hybridized carbons (Fsp3) is 0.682. The third kappa shape index (κ3) is 5.41. The number of carbonyl (C=O) groups excluding carboxylic acids is 1. The molecular weight excluding hydrogens is 400 g/mol. The lowest BCUT2D eigenvalue weighted by molar-refractivity contribution is -0.132. The fourth-order valence-corrected chi connectivity index (χ4v) is 5.77. The van der Waals surface area contributed by atoms with E-state index in [1.165, 1.54) is 4.31 Å². The van der Waals surface area contributed by atoms with E-state index in [0.29, 0.717) is 25.6 Å². The zero-order chi connectivity index (χ0) is 21.7. The van der Waals surface area contributed by atoms with Crippen molar-refractivity contribution in [2.45, 2.75) is 50.5 Å². The molecule has 0 spiro atoms. The quantitative estimate of drug-likeness (QED) is 0.672. The molecule has 0 aliphatic carbocycles. The highest BCUT2D eigenvalue weighted by Crippen LogP contribution is 2.24. The number of nitrogens with one attached hydrogen (secondary N) is 1. The number of hydrogen-bond donors (Lipinski definition) is 1. The van der Waals surface area contributed by atoms with E-state index in [2.05, 4.69) is 31.0 Å². The van der Waals surface area contributed by atoms with Gasteiger partial charge in [0.05, 0.1) is 11.4 Å². The van der Waals surface area contributed by atoms with Crippen LogP contribution in [0, 0.1) is 0 Å². The molecule has 1 N–H and O–H groups in total. The zero-order valence-electron chi connectivity index (χ0n) is 18.5. The minimum absolute atomic E-state index is 0.0949. The van der Waals surface area contributed by atoms with Gasteiger partial charge in [0.1, 0.15) is 0 Å². The van der Waals surface area contributed by atoms with Crippen molar-refractivity contribution in [2.24, 2.45) is 0 Å². The zero-order valence-corrected chi connectivity index (χ0v) is 19.3. The minimum atomic E-state index is -3.75. The number of rotatable bonds is 8. The molecule has 1 aromatic carbocycles. The van der Waals surface area contributed by atoms with Crippen LogP contribution < -0.4 is 5.32 Å². The van der Waals surface area contributed by atoms with Gasteiger partial charge < -0.3 is 10.2 Å². The maximum Gasteiger partial charge on any atom is 0.243 e. The molecule has 8 heteroatoms. The Balaban J connectivity index is 1.83.